The van der Waals surface area contributed by atoms with Gasteiger partial charge in [0.1, 0.15) is 12.4 Å². The Morgan fingerprint density at radius 1 is 0.617 bits per heavy atom. The summed E-state index contributed by atoms with van der Waals surface area (Å²) in [6.07, 6.45) is 0. The molecule has 0 aliphatic rings. The summed E-state index contributed by atoms with van der Waals surface area (Å²) in [5, 5.41) is 1.18. The summed E-state index contributed by atoms with van der Waals surface area (Å²) < 4.78 is 72.3. The van der Waals surface area contributed by atoms with Crippen LogP contribution in [0.1, 0.15) is 11.1 Å². The smallest absolute Gasteiger partial charge is 0.271 e. The van der Waals surface area contributed by atoms with Crippen molar-refractivity contribution in [3.05, 3.63) is 145 Å². The number of para-hydroxylation sites is 1. The van der Waals surface area contributed by atoms with Crippen molar-refractivity contribution in [2.75, 3.05) is 7.11 Å². The number of hydrogen-bond donors (Lipinski definition) is 0. The molecule has 7 rings (SSSR count). The highest BCUT2D eigenvalue weighted by Gasteiger charge is 2.32. The van der Waals surface area contributed by atoms with Crippen LogP contribution < -0.4 is 9.47 Å². The second kappa shape index (κ2) is 11.8. The molecule has 47 heavy (non-hydrogen) atoms. The van der Waals surface area contributed by atoms with Crippen LogP contribution in [0.25, 0.3) is 33.1 Å². The summed E-state index contributed by atoms with van der Waals surface area (Å²) in [7, 11) is -6.80. The maximum absolute atomic E-state index is 14.4. The first kappa shape index (κ1) is 30.3. The minimum atomic E-state index is -4.18. The quantitative estimate of drug-likeness (QED) is 0.158. The lowest BCUT2D eigenvalue weighted by molar-refractivity contribution is 0.290. The average molecular weight is 663 g/mol. The molecule has 0 aliphatic carbocycles. The Labute approximate surface area is 273 Å². The van der Waals surface area contributed by atoms with Crippen LogP contribution in [0.15, 0.2) is 143 Å². The first-order valence-electron chi connectivity index (χ1n) is 14.8. The zero-order chi connectivity index (χ0) is 32.8. The third kappa shape index (κ3) is 5.06. The van der Waals surface area contributed by atoms with Crippen LogP contribution in [0, 0.1) is 6.92 Å². The van der Waals surface area contributed by atoms with Crippen molar-refractivity contribution in [1.29, 1.82) is 0 Å². The van der Waals surface area contributed by atoms with Gasteiger partial charge >= 0.3 is 0 Å². The van der Waals surface area contributed by atoms with Gasteiger partial charge in [-0.15, -0.1) is 0 Å². The molecule has 0 radical (unpaired) electrons. The second-order valence-electron chi connectivity index (χ2n) is 11.0. The Kier molecular flexibility index (Phi) is 7.62. The van der Waals surface area contributed by atoms with E-state index in [1.165, 1.54) is 27.2 Å². The lowest BCUT2D eigenvalue weighted by Gasteiger charge is -2.16. The average Bonchev–Trinajstić information content (AvgIpc) is 3.64. The molecule has 0 amide bonds. The van der Waals surface area contributed by atoms with E-state index < -0.39 is 20.0 Å². The van der Waals surface area contributed by atoms with Gasteiger partial charge < -0.3 is 9.47 Å². The van der Waals surface area contributed by atoms with Gasteiger partial charge in [0.2, 0.25) is 5.88 Å². The second-order valence-corrected chi connectivity index (χ2v) is 14.6. The van der Waals surface area contributed by atoms with Gasteiger partial charge in [-0.25, -0.2) is 24.8 Å². The van der Waals surface area contributed by atoms with E-state index in [1.807, 2.05) is 42.5 Å². The first-order chi connectivity index (χ1) is 22.7. The fourth-order valence-electron chi connectivity index (χ4n) is 6.00. The van der Waals surface area contributed by atoms with Crippen LogP contribution in [-0.4, -0.2) is 31.9 Å². The molecule has 2 heterocycles. The third-order valence-corrected chi connectivity index (χ3v) is 11.6. The van der Waals surface area contributed by atoms with Gasteiger partial charge in [-0.2, -0.15) is 0 Å². The van der Waals surface area contributed by atoms with E-state index >= 15 is 0 Å². The summed E-state index contributed by atoms with van der Waals surface area (Å²) in [5.41, 5.74) is 2.90. The van der Waals surface area contributed by atoms with Crippen LogP contribution in [0.2, 0.25) is 0 Å². The number of fused-ring (bicyclic) bond motifs is 2. The summed E-state index contributed by atoms with van der Waals surface area (Å²) in [5.74, 6) is 0.493. The monoisotopic (exact) mass is 662 g/mol. The van der Waals surface area contributed by atoms with E-state index in [0.29, 0.717) is 44.4 Å². The van der Waals surface area contributed by atoms with Crippen LogP contribution in [-0.2, 0) is 26.7 Å². The van der Waals surface area contributed by atoms with Crippen molar-refractivity contribution in [2.45, 2.75) is 23.3 Å². The molecule has 0 saturated heterocycles. The molecule has 0 unspecified atom stereocenters. The summed E-state index contributed by atoms with van der Waals surface area (Å²) in [6, 6.07) is 38.1. The fourth-order valence-corrected chi connectivity index (χ4v) is 9.08. The van der Waals surface area contributed by atoms with E-state index in [9.17, 15) is 16.8 Å². The maximum atomic E-state index is 14.4. The van der Waals surface area contributed by atoms with Crippen LogP contribution in [0.5, 0.6) is 11.6 Å². The molecule has 0 fully saturated rings. The molecule has 0 atom stereocenters. The van der Waals surface area contributed by atoms with E-state index in [-0.39, 0.29) is 22.3 Å². The molecule has 236 valence electrons. The number of methoxy groups -OCH3 is 1. The van der Waals surface area contributed by atoms with Crippen molar-refractivity contribution < 1.29 is 26.3 Å². The maximum Gasteiger partial charge on any atom is 0.271 e. The molecule has 5 aromatic carbocycles. The lowest BCUT2D eigenvalue weighted by atomic mass is 10.0. The number of aryl methyl sites for hydroxylation is 1. The van der Waals surface area contributed by atoms with Gasteiger partial charge in [0.25, 0.3) is 20.0 Å². The molecule has 0 aliphatic heterocycles. The Morgan fingerprint density at radius 2 is 1.17 bits per heavy atom. The SMILES string of the molecule is COc1ccc2c(c(C)c(OCc3ccccc3)n2S(=O)(=O)c2ccccc2)c1-c1cc2ccccc2n1S(=O)(=O)c1ccccc1. The summed E-state index contributed by atoms with van der Waals surface area (Å²) in [6.45, 7) is 1.89. The first-order valence-corrected chi connectivity index (χ1v) is 17.7. The molecule has 0 saturated carbocycles. The van der Waals surface area contributed by atoms with Crippen LogP contribution >= 0.6 is 0 Å². The highest BCUT2D eigenvalue weighted by molar-refractivity contribution is 7.90. The minimum absolute atomic E-state index is 0.0830. The Bertz CT molecular complexity index is 2470. The van der Waals surface area contributed by atoms with Gasteiger partial charge in [0, 0.05) is 16.3 Å². The van der Waals surface area contributed by atoms with Crippen molar-refractivity contribution >= 4 is 41.9 Å². The van der Waals surface area contributed by atoms with Crippen molar-refractivity contribution in [1.82, 2.24) is 7.94 Å². The molecule has 0 bridgehead atoms. The number of ether oxygens (including phenoxy) is 2. The molecule has 10 heteroatoms. The molecule has 2 aromatic heterocycles. The van der Waals surface area contributed by atoms with E-state index in [1.54, 1.807) is 85.8 Å². The predicted molar refractivity (Wildman–Crippen MR) is 183 cm³/mol. The highest BCUT2D eigenvalue weighted by Crippen LogP contribution is 2.46. The number of hydrogen-bond acceptors (Lipinski definition) is 6. The van der Waals surface area contributed by atoms with Gasteiger partial charge in [-0.3, -0.25) is 0 Å². The van der Waals surface area contributed by atoms with Crippen molar-refractivity contribution in [3.8, 4) is 22.9 Å². The Hall–Kier alpha value is -5.32. The van der Waals surface area contributed by atoms with E-state index in [4.69, 9.17) is 9.47 Å². The number of aromatic nitrogens is 2. The number of nitrogens with zero attached hydrogens (tertiary/aromatic N) is 2. The molecule has 8 nitrogen and oxygen atoms in total. The standard InChI is InChI=1S/C37H30N2O6S2/c1-26-35-32(39(47(42,43)30-19-10-5-11-20-30)37(26)45-25-27-14-6-3-7-15-27)22-23-34(44-2)36(35)33-24-28-16-12-13-21-31(28)38(33)46(40,41)29-17-8-4-9-18-29/h3-24H,25H2,1-2H3. The summed E-state index contributed by atoms with van der Waals surface area (Å²) in [4.78, 5) is 0.196. The van der Waals surface area contributed by atoms with Crippen LogP contribution in [0.3, 0.4) is 0 Å². The lowest BCUT2D eigenvalue weighted by Crippen LogP contribution is -2.15. The van der Waals surface area contributed by atoms with Crippen molar-refractivity contribution in [2.24, 2.45) is 0 Å². The third-order valence-electron chi connectivity index (χ3n) is 8.17. The van der Waals surface area contributed by atoms with Gasteiger partial charge in [-0.1, -0.05) is 84.9 Å². The number of rotatable bonds is 9. The molecule has 7 aromatic rings. The molecular formula is C37H30N2O6S2. The highest BCUT2D eigenvalue weighted by atomic mass is 32.2. The van der Waals surface area contributed by atoms with E-state index in [0.717, 1.165) is 5.56 Å². The molecular weight excluding hydrogens is 633 g/mol. The van der Waals surface area contributed by atoms with Gasteiger partial charge in [0.15, 0.2) is 0 Å². The summed E-state index contributed by atoms with van der Waals surface area (Å²) >= 11 is 0. The number of benzene rings is 5. The molecule has 0 N–H and O–H groups in total. The zero-order valence-electron chi connectivity index (χ0n) is 25.6. The van der Waals surface area contributed by atoms with Gasteiger partial charge in [0.05, 0.1) is 39.2 Å². The Balaban J connectivity index is 1.58. The van der Waals surface area contributed by atoms with Crippen LogP contribution in [0.4, 0.5) is 0 Å². The topological polar surface area (TPSA) is 96.6 Å². The largest absolute Gasteiger partial charge is 0.496 e. The fraction of sp³-hybridized carbons (Fsp3) is 0.0811. The van der Waals surface area contributed by atoms with E-state index in [2.05, 4.69) is 0 Å². The Morgan fingerprint density at radius 3 is 1.79 bits per heavy atom. The van der Waals surface area contributed by atoms with Gasteiger partial charge in [-0.05, 0) is 61.0 Å². The molecule has 0 spiro atoms. The predicted octanol–water partition coefficient (Wildman–Crippen LogP) is 7.63. The zero-order valence-corrected chi connectivity index (χ0v) is 27.2. The minimum Gasteiger partial charge on any atom is -0.496 e. The normalized spacial score (nSPS) is 12.0. The van der Waals surface area contributed by atoms with Crippen molar-refractivity contribution in [3.63, 3.8) is 0 Å².